The number of halogens is 4. The van der Waals surface area contributed by atoms with Crippen molar-refractivity contribution < 1.29 is 24.0 Å². The van der Waals surface area contributed by atoms with Gasteiger partial charge in [0.15, 0.2) is 0 Å². The van der Waals surface area contributed by atoms with E-state index >= 15 is 0 Å². The highest BCUT2D eigenvalue weighted by molar-refractivity contribution is 6.53. The summed E-state index contributed by atoms with van der Waals surface area (Å²) in [5.74, 6) is -5.64. The van der Waals surface area contributed by atoms with Crippen LogP contribution in [0.2, 0.25) is 0 Å². The van der Waals surface area contributed by atoms with E-state index in [1.165, 1.54) is 45.4 Å². The van der Waals surface area contributed by atoms with Crippen molar-refractivity contribution in [2.75, 3.05) is 19.5 Å². The molecule has 2 bridgehead atoms. The molecule has 0 aliphatic heterocycles. The maximum Gasteiger partial charge on any atom is 0.269 e. The predicted molar refractivity (Wildman–Crippen MR) is 112 cm³/mol. The lowest BCUT2D eigenvalue weighted by Crippen LogP contribution is -2.58. The molecule has 1 saturated carbocycles. The van der Waals surface area contributed by atoms with Gasteiger partial charge >= 0.3 is 0 Å². The van der Waals surface area contributed by atoms with Gasteiger partial charge in [-0.3, -0.25) is 19.7 Å². The Morgan fingerprint density at radius 1 is 1.03 bits per heavy atom. The normalized spacial score (nSPS) is 31.7. The van der Waals surface area contributed by atoms with E-state index in [0.29, 0.717) is 0 Å². The number of rotatable bonds is 6. The molecule has 0 radical (unpaired) electrons. The van der Waals surface area contributed by atoms with E-state index in [0.717, 1.165) is 0 Å². The Bertz CT molecular complexity index is 964. The van der Waals surface area contributed by atoms with Crippen LogP contribution in [0, 0.1) is 22.0 Å². The summed E-state index contributed by atoms with van der Waals surface area (Å²) in [7, 11) is 2.51. The number of hydrogen-bond acceptors (Lipinski definition) is 6. The highest BCUT2D eigenvalue weighted by atomic mass is 35.5. The van der Waals surface area contributed by atoms with Crippen LogP contribution in [-0.4, -0.2) is 46.4 Å². The lowest BCUT2D eigenvalue weighted by Gasteiger charge is -2.41. The Morgan fingerprint density at radius 2 is 1.50 bits per heavy atom. The number of nitro groups is 1. The maximum absolute atomic E-state index is 13.3. The monoisotopic (exact) mass is 496 g/mol. The third-order valence-electron chi connectivity index (χ3n) is 5.62. The molecule has 1 aromatic carbocycles. The van der Waals surface area contributed by atoms with Gasteiger partial charge in [-0.1, -0.05) is 23.2 Å². The van der Waals surface area contributed by atoms with E-state index < -0.39 is 44.0 Å². The topological polar surface area (TPSA) is 108 Å². The molecule has 0 spiro atoms. The number of alkyl halides is 2. The first-order valence-corrected chi connectivity index (χ1v) is 10.0. The van der Waals surface area contributed by atoms with Crippen LogP contribution in [0.15, 0.2) is 34.3 Å². The second-order valence-electron chi connectivity index (χ2n) is 6.94. The molecule has 12 heteroatoms. The first-order chi connectivity index (χ1) is 13.9. The van der Waals surface area contributed by atoms with Crippen molar-refractivity contribution in [3.63, 3.8) is 0 Å². The van der Waals surface area contributed by atoms with Gasteiger partial charge in [-0.2, -0.15) is 0 Å². The summed E-state index contributed by atoms with van der Waals surface area (Å²) in [6.07, 6.45) is 0. The number of Topliss-reactive ketones (excluding diaryl/α,β-unsaturated/α-hetero) is 1. The minimum absolute atomic E-state index is 0.135. The average molecular weight is 498 g/mol. The van der Waals surface area contributed by atoms with Gasteiger partial charge in [0.1, 0.15) is 15.5 Å². The first-order valence-electron chi connectivity index (χ1n) is 8.54. The standard InChI is InChI=1S/C18H16Cl4N2O6/c1-8(25)11-12(15(26)23-9-4-6-10(7-5-9)24(27)28)17(22)14(20)13(19)16(11,21)18(17,29-2)30-3/h4-7,11-12H,1-3H3,(H,23,26)/t11-,12+,16+,17+/m1/s1. The number of nitrogens with zero attached hydrogens (tertiary/aromatic N) is 1. The summed E-state index contributed by atoms with van der Waals surface area (Å²) in [4.78, 5) is 32.4. The molecule has 8 nitrogen and oxygen atoms in total. The number of nitro benzene ring substituents is 1. The lowest BCUT2D eigenvalue weighted by atomic mass is 9.79. The minimum atomic E-state index is -1.91. The second kappa shape index (κ2) is 7.62. The highest BCUT2D eigenvalue weighted by Gasteiger charge is 2.86. The smallest absolute Gasteiger partial charge is 0.269 e. The van der Waals surface area contributed by atoms with Crippen LogP contribution in [-0.2, 0) is 19.1 Å². The number of amides is 1. The summed E-state index contributed by atoms with van der Waals surface area (Å²) in [5, 5.41) is 13.1. The molecule has 2 aliphatic carbocycles. The fraction of sp³-hybridized carbons (Fsp3) is 0.444. The van der Waals surface area contributed by atoms with Gasteiger partial charge in [-0.05, 0) is 19.1 Å². The number of benzene rings is 1. The largest absolute Gasteiger partial charge is 0.350 e. The number of hydrogen-bond donors (Lipinski definition) is 1. The fourth-order valence-electron chi connectivity index (χ4n) is 4.43. The zero-order valence-electron chi connectivity index (χ0n) is 15.9. The van der Waals surface area contributed by atoms with Crippen molar-refractivity contribution in [3.05, 3.63) is 44.4 Å². The summed E-state index contributed by atoms with van der Waals surface area (Å²) in [6.45, 7) is 1.25. The zero-order chi connectivity index (χ0) is 22.6. The van der Waals surface area contributed by atoms with Crippen LogP contribution in [0.3, 0.4) is 0 Å². The van der Waals surface area contributed by atoms with Gasteiger partial charge in [0.05, 0.1) is 26.8 Å². The van der Waals surface area contributed by atoms with E-state index in [9.17, 15) is 19.7 Å². The second-order valence-corrected chi connectivity index (χ2v) is 8.88. The van der Waals surface area contributed by atoms with E-state index in [4.69, 9.17) is 55.9 Å². The number of fused-ring (bicyclic) bond motifs is 2. The van der Waals surface area contributed by atoms with Crippen LogP contribution < -0.4 is 5.32 Å². The predicted octanol–water partition coefficient (Wildman–Crippen LogP) is 4.02. The van der Waals surface area contributed by atoms with Gasteiger partial charge in [-0.25, -0.2) is 0 Å². The van der Waals surface area contributed by atoms with Gasteiger partial charge in [-0.15, -0.1) is 23.2 Å². The average Bonchev–Trinajstić information content (AvgIpc) is 2.96. The molecule has 1 amide bonds. The summed E-state index contributed by atoms with van der Waals surface area (Å²) < 4.78 is 11.1. The Kier molecular flexibility index (Phi) is 5.90. The Balaban J connectivity index is 2.10. The van der Waals surface area contributed by atoms with Crippen molar-refractivity contribution >= 4 is 69.5 Å². The quantitative estimate of drug-likeness (QED) is 0.275. The van der Waals surface area contributed by atoms with E-state index in [1.807, 2.05) is 0 Å². The van der Waals surface area contributed by atoms with E-state index in [2.05, 4.69) is 5.32 Å². The number of non-ortho nitro benzene ring substituents is 1. The molecule has 3 rings (SSSR count). The van der Waals surface area contributed by atoms with Gasteiger partial charge in [0.2, 0.25) is 11.7 Å². The molecule has 0 saturated heterocycles. The third-order valence-corrected chi connectivity index (χ3v) is 8.23. The fourth-order valence-corrected chi connectivity index (χ4v) is 6.65. The third kappa shape index (κ3) is 2.68. The zero-order valence-corrected chi connectivity index (χ0v) is 18.9. The molecular formula is C18H16Cl4N2O6. The Hall–Kier alpha value is -1.42. The van der Waals surface area contributed by atoms with Gasteiger partial charge in [0.25, 0.3) is 5.69 Å². The van der Waals surface area contributed by atoms with Crippen molar-refractivity contribution in [2.24, 2.45) is 11.8 Å². The number of ketones is 1. The Morgan fingerprint density at radius 3 is 1.90 bits per heavy atom. The van der Waals surface area contributed by atoms with Crippen molar-refractivity contribution in [1.29, 1.82) is 0 Å². The summed E-state index contributed by atoms with van der Waals surface area (Å²) >= 11 is 26.5. The molecule has 1 fully saturated rings. The molecule has 30 heavy (non-hydrogen) atoms. The highest BCUT2D eigenvalue weighted by Crippen LogP contribution is 2.74. The molecule has 0 aromatic heterocycles. The minimum Gasteiger partial charge on any atom is -0.350 e. The number of anilines is 1. The van der Waals surface area contributed by atoms with Crippen LogP contribution in [0.4, 0.5) is 11.4 Å². The van der Waals surface area contributed by atoms with Crippen molar-refractivity contribution in [3.8, 4) is 0 Å². The number of nitrogens with one attached hydrogen (secondary N) is 1. The van der Waals surface area contributed by atoms with Gasteiger partial charge in [0, 0.05) is 32.0 Å². The van der Waals surface area contributed by atoms with Crippen LogP contribution >= 0.6 is 46.4 Å². The lowest BCUT2D eigenvalue weighted by molar-refractivity contribution is -0.384. The molecule has 0 heterocycles. The molecule has 162 valence electrons. The molecule has 0 unspecified atom stereocenters. The number of ether oxygens (including phenoxy) is 2. The SMILES string of the molecule is COC1(OC)[C@@]2(Cl)C(Cl)=C(Cl)[C@@]1(Cl)[C@H](C(=O)Nc1ccc([N+](=O)[O-])cc1)[C@H]2C(C)=O. The van der Waals surface area contributed by atoms with Crippen LogP contribution in [0.1, 0.15) is 6.92 Å². The van der Waals surface area contributed by atoms with Crippen molar-refractivity contribution in [1.82, 2.24) is 0 Å². The number of methoxy groups -OCH3 is 2. The van der Waals surface area contributed by atoms with Crippen LogP contribution in [0.5, 0.6) is 0 Å². The summed E-state index contributed by atoms with van der Waals surface area (Å²) in [5.41, 5.74) is 0.0878. The summed E-state index contributed by atoms with van der Waals surface area (Å²) in [6, 6.07) is 5.12. The first kappa shape index (κ1) is 23.2. The van der Waals surface area contributed by atoms with Crippen molar-refractivity contribution in [2.45, 2.75) is 22.5 Å². The molecule has 1 N–H and O–H groups in total. The maximum atomic E-state index is 13.3. The van der Waals surface area contributed by atoms with E-state index in [1.54, 1.807) is 0 Å². The molecular weight excluding hydrogens is 482 g/mol. The molecule has 2 aliphatic rings. The van der Waals surface area contributed by atoms with E-state index in [-0.39, 0.29) is 21.4 Å². The number of carbonyl (C=O) groups excluding carboxylic acids is 2. The van der Waals surface area contributed by atoms with Gasteiger partial charge < -0.3 is 14.8 Å². The Labute approximate surface area is 191 Å². The number of carbonyl (C=O) groups is 2. The molecule has 1 aromatic rings. The van der Waals surface area contributed by atoms with Crippen LogP contribution in [0.25, 0.3) is 0 Å². The molecule has 4 atom stereocenters.